The number of rotatable bonds is 7. The molecule has 2 amide bonds. The van der Waals surface area contributed by atoms with Gasteiger partial charge in [-0.2, -0.15) is 18.3 Å². The van der Waals surface area contributed by atoms with Gasteiger partial charge >= 0.3 is 6.18 Å². The lowest BCUT2D eigenvalue weighted by Crippen LogP contribution is -2.39. The van der Waals surface area contributed by atoms with Crippen LogP contribution in [-0.4, -0.2) is 45.1 Å². The molecule has 38 heavy (non-hydrogen) atoms. The quantitative estimate of drug-likeness (QED) is 0.459. The van der Waals surface area contributed by atoms with Crippen LogP contribution in [0.5, 0.6) is 5.75 Å². The summed E-state index contributed by atoms with van der Waals surface area (Å²) >= 11 is 0. The van der Waals surface area contributed by atoms with E-state index in [-0.39, 0.29) is 41.4 Å². The highest BCUT2D eigenvalue weighted by atomic mass is 19.4. The van der Waals surface area contributed by atoms with Crippen molar-refractivity contribution in [1.82, 2.24) is 19.7 Å². The molecule has 198 valence electrons. The minimum absolute atomic E-state index is 0.0161. The van der Waals surface area contributed by atoms with Crippen molar-refractivity contribution in [2.24, 2.45) is 5.92 Å². The molecule has 2 aromatic heterocycles. The summed E-state index contributed by atoms with van der Waals surface area (Å²) in [5, 5.41) is 6.42. The van der Waals surface area contributed by atoms with Crippen LogP contribution in [0.2, 0.25) is 0 Å². The molecule has 0 bridgehead atoms. The van der Waals surface area contributed by atoms with Gasteiger partial charge < -0.3 is 15.0 Å². The van der Waals surface area contributed by atoms with Crippen molar-refractivity contribution in [3.8, 4) is 16.9 Å². The second kappa shape index (κ2) is 9.62. The molecule has 0 saturated heterocycles. The molecule has 0 radical (unpaired) electrons. The van der Waals surface area contributed by atoms with Gasteiger partial charge in [0, 0.05) is 36.1 Å². The Labute approximate surface area is 217 Å². The van der Waals surface area contributed by atoms with Crippen molar-refractivity contribution < 1.29 is 27.5 Å². The fourth-order valence-electron chi connectivity index (χ4n) is 4.86. The van der Waals surface area contributed by atoms with Crippen LogP contribution in [0.1, 0.15) is 53.1 Å². The first-order chi connectivity index (χ1) is 18.1. The van der Waals surface area contributed by atoms with Gasteiger partial charge in [-0.05, 0) is 49.4 Å². The minimum Gasteiger partial charge on any atom is -0.497 e. The monoisotopic (exact) mass is 525 g/mol. The van der Waals surface area contributed by atoms with Gasteiger partial charge in [0.15, 0.2) is 5.69 Å². The lowest BCUT2D eigenvalue weighted by Gasteiger charge is -2.30. The number of amides is 2. The van der Waals surface area contributed by atoms with Gasteiger partial charge in [0.2, 0.25) is 5.91 Å². The van der Waals surface area contributed by atoms with Crippen LogP contribution >= 0.6 is 0 Å². The Bertz CT molecular complexity index is 1430. The van der Waals surface area contributed by atoms with E-state index < -0.39 is 29.7 Å². The molecule has 5 rings (SSSR count). The van der Waals surface area contributed by atoms with Crippen LogP contribution in [0.3, 0.4) is 0 Å². The molecule has 1 saturated carbocycles. The van der Waals surface area contributed by atoms with Crippen molar-refractivity contribution in [1.29, 1.82) is 0 Å². The van der Waals surface area contributed by atoms with E-state index in [1.165, 1.54) is 41.1 Å². The molecule has 2 aliphatic rings. The van der Waals surface area contributed by atoms with Gasteiger partial charge in [-0.15, -0.1) is 0 Å². The summed E-state index contributed by atoms with van der Waals surface area (Å²) in [6.45, 7) is 5.35. The third-order valence-electron chi connectivity index (χ3n) is 6.81. The van der Waals surface area contributed by atoms with Crippen LogP contribution in [0.4, 0.5) is 18.9 Å². The van der Waals surface area contributed by atoms with E-state index in [1.54, 1.807) is 25.3 Å². The summed E-state index contributed by atoms with van der Waals surface area (Å²) in [4.78, 5) is 33.2. The zero-order chi connectivity index (χ0) is 27.2. The van der Waals surface area contributed by atoms with E-state index in [0.717, 1.165) is 12.8 Å². The predicted octanol–water partition coefficient (Wildman–Crippen LogP) is 5.18. The number of aromatic nitrogens is 3. The third kappa shape index (κ3) is 4.64. The second-order valence-electron chi connectivity index (χ2n) is 9.32. The standard InChI is InChI=1S/C27H26F3N5O3/c1-4-15-10-18(20-13-34(5-2)33-25(20)27(28,29)30)23-19(11-15)26(37)35(14-22(36)32-23)24(16-6-7-16)21-12-17(38-3)8-9-31-21/h4,8-13,16,24H,1,5-7,14H2,2-3H3,(H,32,36)/t24-/m0/s1. The highest BCUT2D eigenvalue weighted by molar-refractivity contribution is 6.12. The van der Waals surface area contributed by atoms with Gasteiger partial charge in [-0.1, -0.05) is 12.7 Å². The third-order valence-corrected chi connectivity index (χ3v) is 6.81. The fraction of sp³-hybridized carbons (Fsp3) is 0.333. The van der Waals surface area contributed by atoms with Gasteiger partial charge in [0.25, 0.3) is 5.91 Å². The summed E-state index contributed by atoms with van der Waals surface area (Å²) in [6, 6.07) is 5.94. The summed E-state index contributed by atoms with van der Waals surface area (Å²) in [5.41, 5.74) is -0.161. The number of hydrogen-bond donors (Lipinski definition) is 1. The normalized spacial score (nSPS) is 16.5. The summed E-state index contributed by atoms with van der Waals surface area (Å²) in [5.74, 6) is -0.345. The molecule has 1 fully saturated rings. The number of aryl methyl sites for hydroxylation is 1. The topological polar surface area (TPSA) is 89.3 Å². The van der Waals surface area contributed by atoms with E-state index >= 15 is 0 Å². The van der Waals surface area contributed by atoms with Crippen LogP contribution in [0.15, 0.2) is 43.2 Å². The largest absolute Gasteiger partial charge is 0.497 e. The number of methoxy groups -OCH3 is 1. The number of carbonyl (C=O) groups is 2. The number of nitrogens with one attached hydrogen (secondary N) is 1. The number of nitrogens with zero attached hydrogens (tertiary/aromatic N) is 4. The Morgan fingerprint density at radius 3 is 2.58 bits per heavy atom. The highest BCUT2D eigenvalue weighted by Gasteiger charge is 2.43. The number of pyridine rings is 1. The van der Waals surface area contributed by atoms with Gasteiger partial charge in [-0.25, -0.2) is 0 Å². The van der Waals surface area contributed by atoms with Gasteiger partial charge in [-0.3, -0.25) is 19.3 Å². The molecule has 8 nitrogen and oxygen atoms in total. The maximum Gasteiger partial charge on any atom is 0.435 e. The van der Waals surface area contributed by atoms with Crippen LogP contribution in [0, 0.1) is 5.92 Å². The van der Waals surface area contributed by atoms with Crippen LogP contribution in [-0.2, 0) is 17.5 Å². The number of fused-ring (bicyclic) bond motifs is 1. The SMILES string of the molecule is C=Cc1cc2c(c(-c3cn(CC)nc3C(F)(F)F)c1)NC(=O)CN([C@H](c1cc(OC)ccn1)C1CC1)C2=O. The Morgan fingerprint density at radius 2 is 1.95 bits per heavy atom. The summed E-state index contributed by atoms with van der Waals surface area (Å²) in [6.07, 6.45) is 1.27. The van der Waals surface area contributed by atoms with Crippen molar-refractivity contribution >= 4 is 23.6 Å². The Hall–Kier alpha value is -4.15. The number of carbonyl (C=O) groups excluding carboxylic acids is 2. The van der Waals surface area contributed by atoms with E-state index in [1.807, 2.05) is 0 Å². The molecular weight excluding hydrogens is 499 g/mol. The van der Waals surface area contributed by atoms with E-state index in [4.69, 9.17) is 4.74 Å². The Morgan fingerprint density at radius 1 is 1.21 bits per heavy atom. The van der Waals surface area contributed by atoms with E-state index in [0.29, 0.717) is 17.0 Å². The van der Waals surface area contributed by atoms with Crippen molar-refractivity contribution in [3.05, 3.63) is 65.8 Å². The first-order valence-electron chi connectivity index (χ1n) is 12.2. The average Bonchev–Trinajstić information content (AvgIpc) is 3.64. The zero-order valence-corrected chi connectivity index (χ0v) is 20.9. The van der Waals surface area contributed by atoms with Crippen LogP contribution < -0.4 is 10.1 Å². The molecule has 3 aromatic rings. The van der Waals surface area contributed by atoms with Crippen molar-refractivity contribution in [2.75, 3.05) is 19.0 Å². The first kappa shape index (κ1) is 25.5. The predicted molar refractivity (Wildman–Crippen MR) is 134 cm³/mol. The molecule has 1 aromatic carbocycles. The molecule has 0 spiro atoms. The minimum atomic E-state index is -4.74. The average molecular weight is 526 g/mol. The molecule has 11 heteroatoms. The highest BCUT2D eigenvalue weighted by Crippen LogP contribution is 2.47. The summed E-state index contributed by atoms with van der Waals surface area (Å²) in [7, 11) is 1.53. The smallest absolute Gasteiger partial charge is 0.435 e. The maximum atomic E-state index is 14.1. The van der Waals surface area contributed by atoms with E-state index in [2.05, 4.69) is 22.0 Å². The Kier molecular flexibility index (Phi) is 6.46. The number of hydrogen-bond acceptors (Lipinski definition) is 5. The number of ether oxygens (including phenoxy) is 1. The second-order valence-corrected chi connectivity index (χ2v) is 9.32. The molecular formula is C27H26F3N5O3. The maximum absolute atomic E-state index is 14.1. The van der Waals surface area contributed by atoms with Crippen LogP contribution in [0.25, 0.3) is 17.2 Å². The Balaban J connectivity index is 1.68. The van der Waals surface area contributed by atoms with Gasteiger partial charge in [0.1, 0.15) is 12.3 Å². The molecule has 1 aliphatic heterocycles. The summed E-state index contributed by atoms with van der Waals surface area (Å²) < 4.78 is 48.4. The van der Waals surface area contributed by atoms with Crippen molar-refractivity contribution in [2.45, 2.75) is 38.5 Å². The first-order valence-corrected chi connectivity index (χ1v) is 12.2. The number of benzene rings is 1. The number of anilines is 1. The molecule has 1 atom stereocenters. The lowest BCUT2D eigenvalue weighted by molar-refractivity contribution is -0.141. The fourth-order valence-corrected chi connectivity index (χ4v) is 4.86. The lowest BCUT2D eigenvalue weighted by atomic mass is 9.95. The zero-order valence-electron chi connectivity index (χ0n) is 20.9. The molecule has 1 aliphatic carbocycles. The van der Waals surface area contributed by atoms with Crippen molar-refractivity contribution in [3.63, 3.8) is 0 Å². The number of halogens is 3. The molecule has 3 heterocycles. The molecule has 0 unspecified atom stereocenters. The number of alkyl halides is 3. The molecule has 1 N–H and O–H groups in total. The van der Waals surface area contributed by atoms with Gasteiger partial charge in [0.05, 0.1) is 30.1 Å². The van der Waals surface area contributed by atoms with E-state index in [9.17, 15) is 22.8 Å².